The van der Waals surface area contributed by atoms with E-state index in [1.165, 1.54) is 6.92 Å². The summed E-state index contributed by atoms with van der Waals surface area (Å²) < 4.78 is 40.2. The summed E-state index contributed by atoms with van der Waals surface area (Å²) in [5.41, 5.74) is 0. The maximum absolute atomic E-state index is 11.8. The van der Waals surface area contributed by atoms with E-state index >= 15 is 0 Å². The lowest BCUT2D eigenvalue weighted by Gasteiger charge is -2.12. The molecule has 0 aromatic heterocycles. The minimum atomic E-state index is -4.97. The third-order valence-corrected chi connectivity index (χ3v) is 2.02. The van der Waals surface area contributed by atoms with Crippen LogP contribution in [0.15, 0.2) is 0 Å². The SMILES string of the molecule is CC1OC1C(=O)[C@H](C)NC(=O)C(F)(F)F. The minimum absolute atomic E-state index is 0.275. The van der Waals surface area contributed by atoms with Crippen LogP contribution in [0.3, 0.4) is 0 Å². The highest BCUT2D eigenvalue weighted by Crippen LogP contribution is 2.23. The van der Waals surface area contributed by atoms with Crippen molar-refractivity contribution in [1.82, 2.24) is 5.32 Å². The molecule has 86 valence electrons. The standard InChI is InChI=1S/C8H10F3NO3/c1-3(5(13)6-4(2)15-6)12-7(14)8(9,10)11/h3-4,6H,1-2H3,(H,12,14)/t3-,4?,6?/m0/s1. The average Bonchev–Trinajstić information content (AvgIpc) is 2.79. The van der Waals surface area contributed by atoms with Gasteiger partial charge in [0.25, 0.3) is 0 Å². The van der Waals surface area contributed by atoms with Crippen LogP contribution in [0.5, 0.6) is 0 Å². The maximum atomic E-state index is 11.8. The van der Waals surface area contributed by atoms with Crippen molar-refractivity contribution in [3.63, 3.8) is 0 Å². The molecule has 0 spiro atoms. The fourth-order valence-electron chi connectivity index (χ4n) is 1.08. The van der Waals surface area contributed by atoms with Crippen molar-refractivity contribution < 1.29 is 27.5 Å². The Balaban J connectivity index is 2.45. The summed E-state index contributed by atoms with van der Waals surface area (Å²) in [5.74, 6) is -2.66. The first-order valence-electron chi connectivity index (χ1n) is 4.30. The molecular weight excluding hydrogens is 215 g/mol. The fraction of sp³-hybridized carbons (Fsp3) is 0.750. The van der Waals surface area contributed by atoms with Crippen LogP contribution in [0, 0.1) is 0 Å². The molecule has 4 nitrogen and oxygen atoms in total. The zero-order chi connectivity index (χ0) is 11.8. The summed E-state index contributed by atoms with van der Waals surface area (Å²) >= 11 is 0. The molecule has 1 saturated heterocycles. The molecule has 0 bridgehead atoms. The molecule has 0 aliphatic carbocycles. The van der Waals surface area contributed by atoms with Crippen LogP contribution < -0.4 is 5.32 Å². The highest BCUT2D eigenvalue weighted by Gasteiger charge is 2.45. The Kier molecular flexibility index (Phi) is 3.03. The van der Waals surface area contributed by atoms with Gasteiger partial charge in [0.05, 0.1) is 12.1 Å². The molecule has 1 N–H and O–H groups in total. The van der Waals surface area contributed by atoms with Gasteiger partial charge in [-0.3, -0.25) is 9.59 Å². The molecule has 0 aromatic rings. The van der Waals surface area contributed by atoms with Gasteiger partial charge in [0.1, 0.15) is 6.10 Å². The van der Waals surface area contributed by atoms with E-state index in [1.807, 2.05) is 0 Å². The van der Waals surface area contributed by atoms with Crippen LogP contribution in [0.2, 0.25) is 0 Å². The Hall–Kier alpha value is -1.11. The molecule has 1 heterocycles. The van der Waals surface area contributed by atoms with Crippen molar-refractivity contribution in [2.24, 2.45) is 0 Å². The average molecular weight is 225 g/mol. The fourth-order valence-corrected chi connectivity index (χ4v) is 1.08. The second-order valence-electron chi connectivity index (χ2n) is 3.36. The molecule has 15 heavy (non-hydrogen) atoms. The van der Waals surface area contributed by atoms with Gasteiger partial charge >= 0.3 is 12.1 Å². The number of alkyl halides is 3. The molecule has 2 unspecified atom stereocenters. The molecule has 1 fully saturated rings. The molecule has 7 heteroatoms. The highest BCUT2D eigenvalue weighted by molar-refractivity contribution is 5.94. The Morgan fingerprint density at radius 1 is 1.40 bits per heavy atom. The Labute approximate surface area is 83.8 Å². The predicted octanol–water partition coefficient (Wildman–Crippen LogP) is 0.410. The molecule has 1 rings (SSSR count). The van der Waals surface area contributed by atoms with Gasteiger partial charge in [-0.15, -0.1) is 0 Å². The third kappa shape index (κ3) is 2.92. The summed E-state index contributed by atoms with van der Waals surface area (Å²) in [5, 5.41) is 1.57. The van der Waals surface area contributed by atoms with E-state index in [1.54, 1.807) is 12.2 Å². The van der Waals surface area contributed by atoms with Crippen LogP contribution in [0.25, 0.3) is 0 Å². The lowest BCUT2D eigenvalue weighted by Crippen LogP contribution is -2.46. The smallest absolute Gasteiger partial charge is 0.361 e. The number of ketones is 1. The zero-order valence-corrected chi connectivity index (χ0v) is 8.09. The number of carbonyl (C=O) groups excluding carboxylic acids is 2. The lowest BCUT2D eigenvalue weighted by molar-refractivity contribution is -0.174. The van der Waals surface area contributed by atoms with Crippen LogP contribution >= 0.6 is 0 Å². The first-order chi connectivity index (χ1) is 6.73. The minimum Gasteiger partial charge on any atom is -0.361 e. The largest absolute Gasteiger partial charge is 0.471 e. The monoisotopic (exact) mass is 225 g/mol. The highest BCUT2D eigenvalue weighted by atomic mass is 19.4. The van der Waals surface area contributed by atoms with Crippen LogP contribution in [-0.4, -0.2) is 36.1 Å². The van der Waals surface area contributed by atoms with Crippen LogP contribution in [0.4, 0.5) is 13.2 Å². The summed E-state index contributed by atoms with van der Waals surface area (Å²) in [4.78, 5) is 21.7. The number of carbonyl (C=O) groups is 2. The molecule has 1 aliphatic heterocycles. The Morgan fingerprint density at radius 2 is 1.87 bits per heavy atom. The van der Waals surface area contributed by atoms with E-state index in [0.29, 0.717) is 0 Å². The van der Waals surface area contributed by atoms with Crippen LogP contribution in [-0.2, 0) is 14.3 Å². The second-order valence-corrected chi connectivity index (χ2v) is 3.36. The molecule has 0 saturated carbocycles. The van der Waals surface area contributed by atoms with E-state index in [0.717, 1.165) is 0 Å². The summed E-state index contributed by atoms with van der Waals surface area (Å²) in [6.07, 6.45) is -5.93. The number of hydrogen-bond acceptors (Lipinski definition) is 3. The van der Waals surface area contributed by atoms with E-state index in [2.05, 4.69) is 0 Å². The van der Waals surface area contributed by atoms with Crippen molar-refractivity contribution >= 4 is 11.7 Å². The Bertz CT molecular complexity index is 289. The summed E-state index contributed by atoms with van der Waals surface area (Å²) in [6, 6.07) is -1.19. The number of Topliss-reactive ketones (excluding diaryl/α,β-unsaturated/α-hetero) is 1. The van der Waals surface area contributed by atoms with Gasteiger partial charge in [-0.25, -0.2) is 0 Å². The van der Waals surface area contributed by atoms with Gasteiger partial charge in [0.15, 0.2) is 5.78 Å². The number of hydrogen-bond donors (Lipinski definition) is 1. The molecular formula is C8H10F3NO3. The van der Waals surface area contributed by atoms with Crippen molar-refractivity contribution in [2.75, 3.05) is 0 Å². The van der Waals surface area contributed by atoms with E-state index in [4.69, 9.17) is 4.74 Å². The van der Waals surface area contributed by atoms with Gasteiger partial charge in [0.2, 0.25) is 0 Å². The van der Waals surface area contributed by atoms with Crippen molar-refractivity contribution in [3.05, 3.63) is 0 Å². The lowest BCUT2D eigenvalue weighted by atomic mass is 10.1. The van der Waals surface area contributed by atoms with Gasteiger partial charge in [0, 0.05) is 0 Å². The predicted molar refractivity (Wildman–Crippen MR) is 43.0 cm³/mol. The normalized spacial score (nSPS) is 27.0. The molecule has 1 aliphatic rings. The second kappa shape index (κ2) is 3.80. The molecule has 1 amide bonds. The first kappa shape index (κ1) is 12.0. The van der Waals surface area contributed by atoms with E-state index < -0.39 is 30.0 Å². The van der Waals surface area contributed by atoms with E-state index in [9.17, 15) is 22.8 Å². The number of ether oxygens (including phenoxy) is 1. The van der Waals surface area contributed by atoms with Gasteiger partial charge < -0.3 is 10.1 Å². The quantitative estimate of drug-likeness (QED) is 0.708. The number of nitrogens with one attached hydrogen (secondary N) is 1. The summed E-state index contributed by atoms with van der Waals surface area (Å²) in [7, 11) is 0. The topological polar surface area (TPSA) is 58.7 Å². The third-order valence-electron chi connectivity index (χ3n) is 2.02. The number of epoxide rings is 1. The van der Waals surface area contributed by atoms with Crippen molar-refractivity contribution in [1.29, 1.82) is 0 Å². The molecule has 3 atom stereocenters. The van der Waals surface area contributed by atoms with Crippen molar-refractivity contribution in [3.8, 4) is 0 Å². The zero-order valence-electron chi connectivity index (χ0n) is 8.09. The van der Waals surface area contributed by atoms with Crippen LogP contribution in [0.1, 0.15) is 13.8 Å². The van der Waals surface area contributed by atoms with Gasteiger partial charge in [-0.1, -0.05) is 0 Å². The molecule has 0 aromatic carbocycles. The van der Waals surface area contributed by atoms with Gasteiger partial charge in [-0.2, -0.15) is 13.2 Å². The maximum Gasteiger partial charge on any atom is 0.471 e. The summed E-state index contributed by atoms with van der Waals surface area (Å²) in [6.45, 7) is 2.82. The first-order valence-corrected chi connectivity index (χ1v) is 4.30. The number of amides is 1. The number of rotatable bonds is 3. The number of halogens is 3. The van der Waals surface area contributed by atoms with E-state index in [-0.39, 0.29) is 6.10 Å². The Morgan fingerprint density at radius 3 is 2.20 bits per heavy atom. The van der Waals surface area contributed by atoms with Crippen molar-refractivity contribution in [2.45, 2.75) is 38.3 Å². The van der Waals surface area contributed by atoms with Gasteiger partial charge in [-0.05, 0) is 13.8 Å². The molecule has 0 radical (unpaired) electrons.